The van der Waals surface area contributed by atoms with Gasteiger partial charge in [0.2, 0.25) is 5.95 Å². The number of carbonyl (C=O) groups excluding carboxylic acids is 1. The highest BCUT2D eigenvalue weighted by Gasteiger charge is 2.11. The maximum Gasteiger partial charge on any atom is 0.293 e. The van der Waals surface area contributed by atoms with E-state index in [-0.39, 0.29) is 35.9 Å². The van der Waals surface area contributed by atoms with Gasteiger partial charge in [-0.2, -0.15) is 10.1 Å². The summed E-state index contributed by atoms with van der Waals surface area (Å²) in [5.74, 6) is 0.343. The third-order valence-electron chi connectivity index (χ3n) is 4.66. The van der Waals surface area contributed by atoms with Gasteiger partial charge in [0, 0.05) is 32.3 Å². The van der Waals surface area contributed by atoms with Crippen molar-refractivity contribution in [2.45, 2.75) is 13.0 Å². The van der Waals surface area contributed by atoms with Gasteiger partial charge in [-0.15, -0.1) is 0 Å². The van der Waals surface area contributed by atoms with Crippen LogP contribution in [0.15, 0.2) is 40.4 Å². The summed E-state index contributed by atoms with van der Waals surface area (Å²) in [4.78, 5) is 32.4. The van der Waals surface area contributed by atoms with Gasteiger partial charge in [0.1, 0.15) is 5.02 Å². The van der Waals surface area contributed by atoms with E-state index in [9.17, 15) is 9.59 Å². The van der Waals surface area contributed by atoms with Crippen molar-refractivity contribution >= 4 is 52.1 Å². The molecule has 0 aliphatic heterocycles. The first kappa shape index (κ1) is 24.0. The molecule has 0 spiro atoms. The summed E-state index contributed by atoms with van der Waals surface area (Å²) in [7, 11) is 4.71. The molecule has 1 atom stereocenters. The third-order valence-corrected chi connectivity index (χ3v) is 4.93. The first-order valence-corrected chi connectivity index (χ1v) is 10.3. The maximum absolute atomic E-state index is 12.5. The molecule has 3 N–H and O–H groups in total. The van der Waals surface area contributed by atoms with Crippen LogP contribution in [0.5, 0.6) is 5.75 Å². The second-order valence-electron chi connectivity index (χ2n) is 6.95. The molecular weight excluding hydrogens is 450 g/mol. The van der Waals surface area contributed by atoms with Crippen molar-refractivity contribution in [2.75, 3.05) is 31.5 Å². The number of hydrogen-bond donors (Lipinski definition) is 3. The molecule has 174 valence electrons. The van der Waals surface area contributed by atoms with Crippen molar-refractivity contribution < 1.29 is 14.3 Å². The molecule has 0 aliphatic rings. The lowest BCUT2D eigenvalue weighted by atomic mass is 10.2. The van der Waals surface area contributed by atoms with Crippen LogP contribution in [0.2, 0.25) is 5.02 Å². The van der Waals surface area contributed by atoms with E-state index in [2.05, 4.69) is 31.1 Å². The number of nitrogens with one attached hydrogen (secondary N) is 3. The van der Waals surface area contributed by atoms with Crippen LogP contribution in [0.25, 0.3) is 10.9 Å². The van der Waals surface area contributed by atoms with Gasteiger partial charge in [0.05, 0.1) is 24.0 Å². The lowest BCUT2D eigenvalue weighted by Crippen LogP contribution is -2.27. The van der Waals surface area contributed by atoms with Crippen molar-refractivity contribution in [2.24, 2.45) is 12.1 Å². The van der Waals surface area contributed by atoms with Crippen LogP contribution in [0.4, 0.5) is 17.5 Å². The molecule has 1 amide bonds. The number of aryl methyl sites for hydroxylation is 1. The maximum atomic E-state index is 12.5. The molecule has 3 aromatic rings. The van der Waals surface area contributed by atoms with Crippen molar-refractivity contribution in [3.8, 4) is 5.75 Å². The van der Waals surface area contributed by atoms with Gasteiger partial charge in [-0.3, -0.25) is 9.59 Å². The van der Waals surface area contributed by atoms with Crippen molar-refractivity contribution in [1.82, 2.24) is 19.9 Å². The molecular formula is C21H24ClN7O4. The van der Waals surface area contributed by atoms with E-state index in [0.29, 0.717) is 22.0 Å². The minimum absolute atomic E-state index is 0.0699. The number of ether oxygens (including phenoxy) is 2. The molecule has 2 heterocycles. The number of carbonyl (C=O) groups is 1. The molecule has 1 aromatic carbocycles. The van der Waals surface area contributed by atoms with Crippen molar-refractivity contribution in [1.29, 1.82) is 0 Å². The zero-order valence-corrected chi connectivity index (χ0v) is 19.3. The van der Waals surface area contributed by atoms with Crippen LogP contribution in [0.1, 0.15) is 6.92 Å². The molecule has 33 heavy (non-hydrogen) atoms. The molecule has 0 saturated heterocycles. The van der Waals surface area contributed by atoms with Gasteiger partial charge in [-0.1, -0.05) is 11.6 Å². The van der Waals surface area contributed by atoms with Gasteiger partial charge in [0.15, 0.2) is 18.2 Å². The Morgan fingerprint density at radius 1 is 1.36 bits per heavy atom. The third kappa shape index (κ3) is 5.96. The molecule has 0 aliphatic carbocycles. The summed E-state index contributed by atoms with van der Waals surface area (Å²) in [5.41, 5.74) is 3.74. The summed E-state index contributed by atoms with van der Waals surface area (Å²) in [6.45, 7) is 1.58. The second-order valence-corrected chi connectivity index (χ2v) is 7.36. The number of likely N-dealkylation sites (N-methyl/N-ethyl adjacent to an activating group) is 1. The smallest absolute Gasteiger partial charge is 0.293 e. The number of rotatable bonds is 9. The number of fused-ring (bicyclic) bond motifs is 1. The standard InChI is InChI=1S/C21H24ClN7O4/c1-12(32-4)9-25-28-21-24-10-15(22)19(27-21)26-14-5-6-16-13(7-14)8-17(20(31)29(16)3)33-11-18(30)23-2/h5-10,12H,11H2,1-4H3,(H,23,30)(H2,24,26,27,28)/b25-9-. The summed E-state index contributed by atoms with van der Waals surface area (Å²) in [6.07, 6.45) is 2.85. The largest absolute Gasteiger partial charge is 0.478 e. The number of hydrogen-bond acceptors (Lipinski definition) is 9. The number of pyridine rings is 1. The van der Waals surface area contributed by atoms with Crippen molar-refractivity contribution in [3.63, 3.8) is 0 Å². The fraction of sp³-hybridized carbons (Fsp3) is 0.286. The number of anilines is 3. The Kier molecular flexibility index (Phi) is 7.80. The van der Waals surface area contributed by atoms with Gasteiger partial charge < -0.3 is 24.7 Å². The Morgan fingerprint density at radius 3 is 2.88 bits per heavy atom. The van der Waals surface area contributed by atoms with E-state index in [4.69, 9.17) is 21.1 Å². The number of hydrazone groups is 1. The average molecular weight is 474 g/mol. The van der Waals surface area contributed by atoms with Crippen LogP contribution < -0.4 is 26.4 Å². The molecule has 11 nitrogen and oxygen atoms in total. The van der Waals surface area contributed by atoms with Gasteiger partial charge in [-0.05, 0) is 31.2 Å². The second kappa shape index (κ2) is 10.7. The number of nitrogens with zero attached hydrogens (tertiary/aromatic N) is 4. The SMILES string of the molecule is CNC(=O)COc1cc2cc(Nc3nc(N/N=C\C(C)OC)ncc3Cl)ccc2n(C)c1=O. The summed E-state index contributed by atoms with van der Waals surface area (Å²) in [5, 5.41) is 10.6. The Bertz CT molecular complexity index is 1250. The zero-order chi connectivity index (χ0) is 24.0. The fourth-order valence-corrected chi connectivity index (χ4v) is 2.89. The van der Waals surface area contributed by atoms with Crippen LogP contribution in [0.3, 0.4) is 0 Å². The number of methoxy groups -OCH3 is 1. The highest BCUT2D eigenvalue weighted by Crippen LogP contribution is 2.27. The van der Waals surface area contributed by atoms with Crippen LogP contribution in [-0.2, 0) is 16.6 Å². The zero-order valence-electron chi connectivity index (χ0n) is 18.5. The van der Waals surface area contributed by atoms with Crippen LogP contribution >= 0.6 is 11.6 Å². The van der Waals surface area contributed by atoms with E-state index in [1.54, 1.807) is 38.6 Å². The molecule has 3 rings (SSSR count). The number of amides is 1. The van der Waals surface area contributed by atoms with E-state index >= 15 is 0 Å². The molecule has 12 heteroatoms. The lowest BCUT2D eigenvalue weighted by Gasteiger charge is -2.12. The van der Waals surface area contributed by atoms with Gasteiger partial charge >= 0.3 is 0 Å². The van der Waals surface area contributed by atoms with E-state index < -0.39 is 0 Å². The number of aromatic nitrogens is 3. The van der Waals surface area contributed by atoms with E-state index in [1.807, 2.05) is 13.0 Å². The van der Waals surface area contributed by atoms with Crippen molar-refractivity contribution in [3.05, 3.63) is 45.8 Å². The Labute approximate surface area is 194 Å². The highest BCUT2D eigenvalue weighted by atomic mass is 35.5. The quantitative estimate of drug-likeness (QED) is 0.318. The number of benzene rings is 1. The molecule has 1 unspecified atom stereocenters. The lowest BCUT2D eigenvalue weighted by molar-refractivity contribution is -0.122. The molecule has 0 radical (unpaired) electrons. The highest BCUT2D eigenvalue weighted by molar-refractivity contribution is 6.32. The average Bonchev–Trinajstić information content (AvgIpc) is 2.82. The first-order chi connectivity index (χ1) is 15.8. The minimum atomic E-state index is -0.343. The van der Waals surface area contributed by atoms with Crippen LogP contribution in [0, 0.1) is 0 Å². The predicted octanol–water partition coefficient (Wildman–Crippen LogP) is 2.28. The topological polar surface area (TPSA) is 132 Å². The van der Waals surface area contributed by atoms with Crippen LogP contribution in [-0.4, -0.2) is 53.5 Å². The Hall–Kier alpha value is -3.70. The van der Waals surface area contributed by atoms with E-state index in [0.717, 1.165) is 5.39 Å². The normalized spacial score (nSPS) is 12.0. The number of halogens is 1. The summed E-state index contributed by atoms with van der Waals surface area (Å²) < 4.78 is 11.9. The Morgan fingerprint density at radius 2 is 2.15 bits per heavy atom. The molecule has 0 bridgehead atoms. The molecule has 2 aromatic heterocycles. The summed E-state index contributed by atoms with van der Waals surface area (Å²) in [6, 6.07) is 6.97. The summed E-state index contributed by atoms with van der Waals surface area (Å²) >= 11 is 6.25. The molecule has 0 saturated carbocycles. The predicted molar refractivity (Wildman–Crippen MR) is 128 cm³/mol. The monoisotopic (exact) mass is 473 g/mol. The van der Waals surface area contributed by atoms with E-state index in [1.165, 1.54) is 17.8 Å². The van der Waals surface area contributed by atoms with Gasteiger partial charge in [-0.25, -0.2) is 10.4 Å². The fourth-order valence-electron chi connectivity index (χ4n) is 2.76. The molecule has 0 fully saturated rings. The Balaban J connectivity index is 1.86. The van der Waals surface area contributed by atoms with Gasteiger partial charge in [0.25, 0.3) is 11.5 Å². The first-order valence-electron chi connectivity index (χ1n) is 9.91. The minimum Gasteiger partial charge on any atom is -0.478 e.